The van der Waals surface area contributed by atoms with E-state index in [9.17, 15) is 0 Å². The van der Waals surface area contributed by atoms with Crippen LogP contribution in [0.1, 0.15) is 24.5 Å². The topological polar surface area (TPSA) is 54.7 Å². The summed E-state index contributed by atoms with van der Waals surface area (Å²) in [5, 5.41) is 8.37. The van der Waals surface area contributed by atoms with Crippen molar-refractivity contribution in [2.75, 3.05) is 26.7 Å². The fourth-order valence-corrected chi connectivity index (χ4v) is 3.70. The van der Waals surface area contributed by atoms with E-state index in [1.54, 1.807) is 7.11 Å². The molecule has 0 radical (unpaired) electrons. The summed E-state index contributed by atoms with van der Waals surface area (Å²) in [5.74, 6) is 2.37. The largest absolute Gasteiger partial charge is 0.496 e. The minimum Gasteiger partial charge on any atom is -0.496 e. The quantitative estimate of drug-likeness (QED) is 0.609. The SMILES string of the molecule is CCNC(=NCc1ccc(Cl)cc1OC)N1CCC(Cc2cnn(C)c2)C1. The van der Waals surface area contributed by atoms with Crippen LogP contribution in [0, 0.1) is 5.92 Å². The van der Waals surface area contributed by atoms with Gasteiger partial charge >= 0.3 is 0 Å². The Morgan fingerprint density at radius 1 is 1.44 bits per heavy atom. The van der Waals surface area contributed by atoms with Gasteiger partial charge in [0, 0.05) is 43.5 Å². The molecule has 0 amide bonds. The van der Waals surface area contributed by atoms with Gasteiger partial charge in [-0.05, 0) is 43.4 Å². The summed E-state index contributed by atoms with van der Waals surface area (Å²) in [6, 6.07) is 5.68. The zero-order valence-corrected chi connectivity index (χ0v) is 17.0. The second-order valence-corrected chi connectivity index (χ2v) is 7.39. The molecular weight excluding hydrogens is 362 g/mol. The Labute approximate surface area is 166 Å². The van der Waals surface area contributed by atoms with Crippen LogP contribution >= 0.6 is 11.6 Å². The van der Waals surface area contributed by atoms with Crippen molar-refractivity contribution >= 4 is 17.6 Å². The lowest BCUT2D eigenvalue weighted by Crippen LogP contribution is -2.40. The lowest BCUT2D eigenvalue weighted by atomic mass is 10.0. The van der Waals surface area contributed by atoms with Crippen molar-refractivity contribution in [1.82, 2.24) is 20.0 Å². The molecule has 7 heteroatoms. The summed E-state index contributed by atoms with van der Waals surface area (Å²) in [6.45, 7) is 5.54. The van der Waals surface area contributed by atoms with E-state index in [-0.39, 0.29) is 0 Å². The van der Waals surface area contributed by atoms with Crippen molar-refractivity contribution in [3.8, 4) is 5.75 Å². The third kappa shape index (κ3) is 5.16. The van der Waals surface area contributed by atoms with E-state index in [4.69, 9.17) is 21.3 Å². The van der Waals surface area contributed by atoms with Crippen LogP contribution in [0.4, 0.5) is 0 Å². The number of aliphatic imine (C=N–C) groups is 1. The van der Waals surface area contributed by atoms with Gasteiger partial charge in [-0.3, -0.25) is 4.68 Å². The molecule has 1 fully saturated rings. The Balaban J connectivity index is 1.65. The molecule has 27 heavy (non-hydrogen) atoms. The molecule has 1 atom stereocenters. The van der Waals surface area contributed by atoms with E-state index in [0.29, 0.717) is 17.5 Å². The standard InChI is InChI=1S/C20H28ClN5O/c1-4-22-20(23-12-17-5-6-18(21)10-19(17)27-3)26-8-7-15(14-26)9-16-11-24-25(2)13-16/h5-6,10-11,13,15H,4,7-9,12,14H2,1-3H3,(H,22,23). The molecule has 1 saturated heterocycles. The van der Waals surface area contributed by atoms with E-state index in [1.807, 2.05) is 36.1 Å². The normalized spacial score (nSPS) is 17.4. The van der Waals surface area contributed by atoms with Crippen molar-refractivity contribution < 1.29 is 4.74 Å². The van der Waals surface area contributed by atoms with Gasteiger partial charge < -0.3 is 15.0 Å². The fourth-order valence-electron chi connectivity index (χ4n) is 3.54. The highest BCUT2D eigenvalue weighted by molar-refractivity contribution is 6.30. The van der Waals surface area contributed by atoms with E-state index in [2.05, 4.69) is 28.4 Å². The summed E-state index contributed by atoms with van der Waals surface area (Å²) < 4.78 is 7.30. The first-order valence-electron chi connectivity index (χ1n) is 9.42. The molecule has 1 unspecified atom stereocenters. The third-order valence-corrected chi connectivity index (χ3v) is 5.09. The molecule has 1 aromatic heterocycles. The maximum absolute atomic E-state index is 6.05. The zero-order valence-electron chi connectivity index (χ0n) is 16.3. The van der Waals surface area contributed by atoms with Gasteiger partial charge in [0.1, 0.15) is 5.75 Å². The Kier molecular flexibility index (Phi) is 6.61. The summed E-state index contributed by atoms with van der Waals surface area (Å²) >= 11 is 6.05. The van der Waals surface area contributed by atoms with E-state index in [1.165, 1.54) is 12.0 Å². The predicted octanol–water partition coefficient (Wildman–Crippen LogP) is 3.11. The summed E-state index contributed by atoms with van der Waals surface area (Å²) in [4.78, 5) is 7.20. The Hall–Kier alpha value is -2.21. The molecule has 1 N–H and O–H groups in total. The Morgan fingerprint density at radius 2 is 2.30 bits per heavy atom. The first-order valence-corrected chi connectivity index (χ1v) is 9.80. The van der Waals surface area contributed by atoms with E-state index in [0.717, 1.165) is 43.3 Å². The highest BCUT2D eigenvalue weighted by atomic mass is 35.5. The van der Waals surface area contributed by atoms with Gasteiger partial charge in [0.2, 0.25) is 0 Å². The number of nitrogens with one attached hydrogen (secondary N) is 1. The number of methoxy groups -OCH3 is 1. The first kappa shape index (κ1) is 19.5. The molecule has 0 bridgehead atoms. The van der Waals surface area contributed by atoms with Crippen LogP contribution in [0.15, 0.2) is 35.6 Å². The van der Waals surface area contributed by atoms with Gasteiger partial charge in [-0.1, -0.05) is 17.7 Å². The van der Waals surface area contributed by atoms with Crippen molar-refractivity contribution in [3.05, 3.63) is 46.7 Å². The van der Waals surface area contributed by atoms with Crippen LogP contribution in [0.5, 0.6) is 5.75 Å². The number of benzene rings is 1. The molecule has 6 nitrogen and oxygen atoms in total. The molecule has 2 heterocycles. The number of hydrogen-bond acceptors (Lipinski definition) is 3. The van der Waals surface area contributed by atoms with Gasteiger partial charge in [-0.25, -0.2) is 4.99 Å². The van der Waals surface area contributed by atoms with Gasteiger partial charge in [0.15, 0.2) is 5.96 Å². The molecule has 1 aliphatic heterocycles. The number of ether oxygens (including phenoxy) is 1. The number of aromatic nitrogens is 2. The number of rotatable bonds is 6. The second-order valence-electron chi connectivity index (χ2n) is 6.95. The maximum atomic E-state index is 6.05. The smallest absolute Gasteiger partial charge is 0.194 e. The molecule has 1 aromatic carbocycles. The third-order valence-electron chi connectivity index (χ3n) is 4.85. The number of nitrogens with zero attached hydrogens (tertiary/aromatic N) is 4. The van der Waals surface area contributed by atoms with Crippen LogP contribution in [0.3, 0.4) is 0 Å². The van der Waals surface area contributed by atoms with Crippen molar-refractivity contribution in [1.29, 1.82) is 0 Å². The average Bonchev–Trinajstić information content (AvgIpc) is 3.28. The number of likely N-dealkylation sites (tertiary alicyclic amines) is 1. The monoisotopic (exact) mass is 389 g/mol. The van der Waals surface area contributed by atoms with Crippen LogP contribution in [-0.4, -0.2) is 47.4 Å². The molecule has 2 aromatic rings. The van der Waals surface area contributed by atoms with Gasteiger partial charge in [0.25, 0.3) is 0 Å². The average molecular weight is 390 g/mol. The van der Waals surface area contributed by atoms with E-state index < -0.39 is 0 Å². The molecular formula is C20H28ClN5O. The number of guanidine groups is 1. The lowest BCUT2D eigenvalue weighted by Gasteiger charge is -2.22. The maximum Gasteiger partial charge on any atom is 0.194 e. The fraction of sp³-hybridized carbons (Fsp3) is 0.500. The number of aryl methyl sites for hydroxylation is 1. The molecule has 0 saturated carbocycles. The van der Waals surface area contributed by atoms with Crippen molar-refractivity contribution in [2.24, 2.45) is 18.0 Å². The Bertz CT molecular complexity index is 788. The van der Waals surface area contributed by atoms with Gasteiger partial charge in [-0.15, -0.1) is 0 Å². The predicted molar refractivity (Wildman–Crippen MR) is 109 cm³/mol. The van der Waals surface area contributed by atoms with Crippen molar-refractivity contribution in [2.45, 2.75) is 26.3 Å². The zero-order chi connectivity index (χ0) is 19.2. The lowest BCUT2D eigenvalue weighted by molar-refractivity contribution is 0.409. The summed E-state index contributed by atoms with van der Waals surface area (Å²) in [5.41, 5.74) is 2.33. The van der Waals surface area contributed by atoms with Crippen LogP contribution < -0.4 is 10.1 Å². The minimum absolute atomic E-state index is 0.562. The molecule has 0 aliphatic carbocycles. The highest BCUT2D eigenvalue weighted by Gasteiger charge is 2.25. The minimum atomic E-state index is 0.562. The van der Waals surface area contributed by atoms with Crippen LogP contribution in [-0.2, 0) is 20.0 Å². The molecule has 3 rings (SSSR count). The van der Waals surface area contributed by atoms with Crippen LogP contribution in [0.25, 0.3) is 0 Å². The van der Waals surface area contributed by atoms with Crippen molar-refractivity contribution in [3.63, 3.8) is 0 Å². The number of halogens is 1. The number of hydrogen-bond donors (Lipinski definition) is 1. The van der Waals surface area contributed by atoms with E-state index >= 15 is 0 Å². The van der Waals surface area contributed by atoms with Gasteiger partial charge in [-0.2, -0.15) is 5.10 Å². The first-order chi connectivity index (χ1) is 13.1. The van der Waals surface area contributed by atoms with Gasteiger partial charge in [0.05, 0.1) is 19.9 Å². The summed E-state index contributed by atoms with van der Waals surface area (Å²) in [6.07, 6.45) is 6.31. The van der Waals surface area contributed by atoms with Crippen LogP contribution in [0.2, 0.25) is 5.02 Å². The molecule has 146 valence electrons. The molecule has 1 aliphatic rings. The Morgan fingerprint density at radius 3 is 3.00 bits per heavy atom. The second kappa shape index (κ2) is 9.13. The molecule has 0 spiro atoms. The summed E-state index contributed by atoms with van der Waals surface area (Å²) in [7, 11) is 3.62. The highest BCUT2D eigenvalue weighted by Crippen LogP contribution is 2.24.